The van der Waals surface area contributed by atoms with Crippen molar-refractivity contribution < 1.29 is 9.90 Å². The summed E-state index contributed by atoms with van der Waals surface area (Å²) in [5.41, 5.74) is 1.92. The van der Waals surface area contributed by atoms with Crippen LogP contribution in [0.1, 0.15) is 4.88 Å². The minimum absolute atomic E-state index is 0.217. The number of nitrogens with one attached hydrogen (secondary N) is 1. The van der Waals surface area contributed by atoms with Gasteiger partial charge >= 0.3 is 5.97 Å². The number of rotatable bonds is 5. The van der Waals surface area contributed by atoms with Crippen LogP contribution < -0.4 is 5.32 Å². The first-order valence-corrected chi connectivity index (χ1v) is 7.19. The molecule has 0 saturated heterocycles. The molecule has 4 nitrogen and oxygen atoms in total. The summed E-state index contributed by atoms with van der Waals surface area (Å²) in [5.74, 6) is -0.710. The van der Waals surface area contributed by atoms with E-state index >= 15 is 0 Å². The lowest BCUT2D eigenvalue weighted by atomic mass is 10.1. The van der Waals surface area contributed by atoms with Gasteiger partial charge in [0.15, 0.2) is 5.13 Å². The maximum atomic E-state index is 11.0. The highest BCUT2D eigenvalue weighted by Gasteiger charge is 2.18. The second-order valence-electron chi connectivity index (χ2n) is 4.01. The van der Waals surface area contributed by atoms with E-state index in [-0.39, 0.29) is 5.75 Å². The van der Waals surface area contributed by atoms with Crippen LogP contribution in [0.15, 0.2) is 30.3 Å². The summed E-state index contributed by atoms with van der Waals surface area (Å²) in [6.45, 7) is 1.97. The molecule has 1 aromatic carbocycles. The van der Waals surface area contributed by atoms with Crippen molar-refractivity contribution in [2.24, 2.45) is 0 Å². The van der Waals surface area contributed by atoms with Crippen LogP contribution in [0.2, 0.25) is 0 Å². The molecule has 0 saturated carbocycles. The van der Waals surface area contributed by atoms with Crippen LogP contribution in [0, 0.1) is 6.92 Å². The standard InChI is InChI=1S/C13H14N2O2S2/c1-8-11(9-5-3-2-4-6-9)15-13(19-8)14-10(7-18)12(16)17/h2-6,10,18H,7H2,1H3,(H,14,15)(H,16,17)/t10-/m0/s1. The third-order valence-electron chi connectivity index (χ3n) is 2.62. The number of carbonyl (C=O) groups is 1. The average Bonchev–Trinajstić information content (AvgIpc) is 2.77. The lowest BCUT2D eigenvalue weighted by molar-refractivity contribution is -0.137. The number of hydrogen-bond donors (Lipinski definition) is 3. The first kappa shape index (κ1) is 13.9. The summed E-state index contributed by atoms with van der Waals surface area (Å²) in [4.78, 5) is 16.5. The molecule has 2 N–H and O–H groups in total. The SMILES string of the molecule is Cc1sc(N[C@@H](CS)C(=O)O)nc1-c1ccccc1. The molecule has 1 aromatic heterocycles. The molecular formula is C13H14N2O2S2. The van der Waals surface area contributed by atoms with Gasteiger partial charge in [0.25, 0.3) is 0 Å². The Labute approximate surface area is 120 Å². The van der Waals surface area contributed by atoms with E-state index in [2.05, 4.69) is 22.9 Å². The Bertz CT molecular complexity index is 569. The average molecular weight is 294 g/mol. The van der Waals surface area contributed by atoms with Crippen molar-refractivity contribution in [2.75, 3.05) is 11.1 Å². The van der Waals surface area contributed by atoms with Gasteiger partial charge in [-0.15, -0.1) is 11.3 Å². The second-order valence-corrected chi connectivity index (χ2v) is 5.58. The Morgan fingerprint density at radius 2 is 2.16 bits per heavy atom. The van der Waals surface area contributed by atoms with Gasteiger partial charge in [-0.05, 0) is 6.92 Å². The molecule has 2 rings (SSSR count). The summed E-state index contributed by atoms with van der Waals surface area (Å²) in [6, 6.07) is 9.10. The maximum absolute atomic E-state index is 11.0. The Balaban J connectivity index is 2.24. The van der Waals surface area contributed by atoms with Crippen LogP contribution in [0.3, 0.4) is 0 Å². The number of nitrogens with zero attached hydrogens (tertiary/aromatic N) is 1. The number of carboxylic acids is 1. The van der Waals surface area contributed by atoms with Crippen LogP contribution in [-0.4, -0.2) is 27.9 Å². The third-order valence-corrected chi connectivity index (χ3v) is 3.89. The summed E-state index contributed by atoms with van der Waals surface area (Å²) in [6.07, 6.45) is 0. The number of benzene rings is 1. The molecule has 0 aliphatic heterocycles. The van der Waals surface area contributed by atoms with E-state index in [4.69, 9.17) is 5.11 Å². The zero-order valence-corrected chi connectivity index (χ0v) is 12.0. The molecule has 0 unspecified atom stereocenters. The van der Waals surface area contributed by atoms with Gasteiger partial charge in [-0.1, -0.05) is 30.3 Å². The predicted octanol–water partition coefficient (Wildman–Crippen LogP) is 2.91. The van der Waals surface area contributed by atoms with E-state index in [0.717, 1.165) is 16.1 Å². The Kier molecular flexibility index (Phi) is 4.44. The minimum atomic E-state index is -0.927. The largest absolute Gasteiger partial charge is 0.480 e. The highest BCUT2D eigenvalue weighted by atomic mass is 32.1. The molecule has 0 bridgehead atoms. The summed E-state index contributed by atoms with van der Waals surface area (Å²) < 4.78 is 0. The van der Waals surface area contributed by atoms with Crippen molar-refractivity contribution in [3.05, 3.63) is 35.2 Å². The number of aliphatic carboxylic acids is 1. The van der Waals surface area contributed by atoms with Gasteiger partial charge in [0.1, 0.15) is 6.04 Å². The fourth-order valence-electron chi connectivity index (χ4n) is 1.66. The summed E-state index contributed by atoms with van der Waals surface area (Å²) in [5, 5.41) is 12.5. The lowest BCUT2D eigenvalue weighted by Crippen LogP contribution is -2.30. The lowest BCUT2D eigenvalue weighted by Gasteiger charge is -2.09. The number of anilines is 1. The molecule has 0 amide bonds. The molecule has 0 radical (unpaired) electrons. The minimum Gasteiger partial charge on any atom is -0.480 e. The van der Waals surface area contributed by atoms with E-state index < -0.39 is 12.0 Å². The van der Waals surface area contributed by atoms with Crippen molar-refractivity contribution in [1.29, 1.82) is 0 Å². The van der Waals surface area contributed by atoms with Gasteiger partial charge in [0.2, 0.25) is 0 Å². The van der Waals surface area contributed by atoms with Gasteiger partial charge in [-0.2, -0.15) is 12.6 Å². The van der Waals surface area contributed by atoms with Crippen molar-refractivity contribution in [1.82, 2.24) is 4.98 Å². The normalized spacial score (nSPS) is 12.1. The number of thiol groups is 1. The Hall–Kier alpha value is -1.53. The molecular weight excluding hydrogens is 280 g/mol. The Morgan fingerprint density at radius 1 is 1.47 bits per heavy atom. The quantitative estimate of drug-likeness (QED) is 0.742. The molecule has 0 spiro atoms. The smallest absolute Gasteiger partial charge is 0.327 e. The first-order valence-electron chi connectivity index (χ1n) is 5.75. The van der Waals surface area contributed by atoms with Crippen LogP contribution in [0.5, 0.6) is 0 Å². The molecule has 0 aliphatic carbocycles. The fourth-order valence-corrected chi connectivity index (χ4v) is 2.79. The maximum Gasteiger partial charge on any atom is 0.327 e. The molecule has 100 valence electrons. The third kappa shape index (κ3) is 3.27. The molecule has 0 aliphatic rings. The van der Waals surface area contributed by atoms with Crippen LogP contribution in [0.4, 0.5) is 5.13 Å². The fraction of sp³-hybridized carbons (Fsp3) is 0.231. The van der Waals surface area contributed by atoms with Gasteiger partial charge < -0.3 is 10.4 Å². The van der Waals surface area contributed by atoms with Crippen LogP contribution in [0.25, 0.3) is 11.3 Å². The van der Waals surface area contributed by atoms with E-state index in [1.807, 2.05) is 37.3 Å². The Morgan fingerprint density at radius 3 is 2.74 bits per heavy atom. The van der Waals surface area contributed by atoms with Crippen molar-refractivity contribution in [3.63, 3.8) is 0 Å². The van der Waals surface area contributed by atoms with E-state index in [9.17, 15) is 4.79 Å². The van der Waals surface area contributed by atoms with Crippen LogP contribution in [-0.2, 0) is 4.79 Å². The van der Waals surface area contributed by atoms with Crippen LogP contribution >= 0.6 is 24.0 Å². The molecule has 0 fully saturated rings. The van der Waals surface area contributed by atoms with Gasteiger partial charge in [0, 0.05) is 16.2 Å². The number of aromatic nitrogens is 1. The monoisotopic (exact) mass is 294 g/mol. The predicted molar refractivity (Wildman–Crippen MR) is 81.2 cm³/mol. The van der Waals surface area contributed by atoms with Crippen molar-refractivity contribution in [2.45, 2.75) is 13.0 Å². The number of hydrogen-bond acceptors (Lipinski definition) is 5. The van der Waals surface area contributed by atoms with E-state index in [0.29, 0.717) is 5.13 Å². The zero-order valence-electron chi connectivity index (χ0n) is 10.3. The number of aryl methyl sites for hydroxylation is 1. The summed E-state index contributed by atoms with van der Waals surface area (Å²) >= 11 is 5.47. The molecule has 1 heterocycles. The summed E-state index contributed by atoms with van der Waals surface area (Å²) in [7, 11) is 0. The zero-order chi connectivity index (χ0) is 13.8. The second kappa shape index (κ2) is 6.08. The highest BCUT2D eigenvalue weighted by Crippen LogP contribution is 2.30. The number of thiazole rings is 1. The van der Waals surface area contributed by atoms with Gasteiger partial charge in [-0.3, -0.25) is 0 Å². The van der Waals surface area contributed by atoms with Gasteiger partial charge in [0.05, 0.1) is 5.69 Å². The highest BCUT2D eigenvalue weighted by molar-refractivity contribution is 7.80. The van der Waals surface area contributed by atoms with Crippen molar-refractivity contribution in [3.8, 4) is 11.3 Å². The van der Waals surface area contributed by atoms with Gasteiger partial charge in [-0.25, -0.2) is 9.78 Å². The van der Waals surface area contributed by atoms with E-state index in [1.165, 1.54) is 11.3 Å². The molecule has 1 atom stereocenters. The molecule has 2 aromatic rings. The topological polar surface area (TPSA) is 62.2 Å². The molecule has 19 heavy (non-hydrogen) atoms. The number of carboxylic acid groups (broad SMARTS) is 1. The molecule has 6 heteroatoms. The van der Waals surface area contributed by atoms with E-state index in [1.54, 1.807) is 0 Å². The first-order chi connectivity index (χ1) is 9.11. The van der Waals surface area contributed by atoms with Crippen molar-refractivity contribution >= 4 is 35.1 Å².